The molecule has 1 aliphatic heterocycles. The number of amides is 4. The van der Waals surface area contributed by atoms with Gasteiger partial charge in [0.1, 0.15) is 11.6 Å². The lowest BCUT2D eigenvalue weighted by Gasteiger charge is -2.27. The Labute approximate surface area is 145 Å². The van der Waals surface area contributed by atoms with Crippen LogP contribution >= 0.6 is 17.3 Å². The van der Waals surface area contributed by atoms with Gasteiger partial charge >= 0.3 is 12.1 Å². The van der Waals surface area contributed by atoms with Crippen LogP contribution in [0.25, 0.3) is 0 Å². The van der Waals surface area contributed by atoms with Crippen LogP contribution in [0, 0.1) is 0 Å². The number of nitrogens with zero attached hydrogens (tertiary/aromatic N) is 2. The molecule has 4 amide bonds. The summed E-state index contributed by atoms with van der Waals surface area (Å²) in [4.78, 5) is 38.2. The van der Waals surface area contributed by atoms with E-state index in [2.05, 4.69) is 14.2 Å². The number of rotatable bonds is 3. The van der Waals surface area contributed by atoms with Gasteiger partial charge in [0.15, 0.2) is 0 Å². The van der Waals surface area contributed by atoms with E-state index >= 15 is 0 Å². The molecule has 0 aromatic heterocycles. The van der Waals surface area contributed by atoms with E-state index < -0.39 is 23.6 Å². The van der Waals surface area contributed by atoms with Crippen LogP contribution in [0.2, 0.25) is 0 Å². The predicted molar refractivity (Wildman–Crippen MR) is 97.2 cm³/mol. The largest absolute Gasteiger partial charge is 0.443 e. The highest BCUT2D eigenvalue weighted by atomic mass is 32.0. The lowest BCUT2D eigenvalue weighted by Crippen LogP contribution is -2.50. The lowest BCUT2D eigenvalue weighted by atomic mass is 10.2. The highest BCUT2D eigenvalue weighted by molar-refractivity contribution is 8.01. The maximum Gasteiger partial charge on any atom is 0.421 e. The van der Waals surface area contributed by atoms with Gasteiger partial charge in [-0.1, -0.05) is 27.1 Å². The molecule has 1 aromatic carbocycles. The number of hydrogen-bond acceptors (Lipinski definition) is 4. The molecule has 24 heavy (non-hydrogen) atoms. The summed E-state index contributed by atoms with van der Waals surface area (Å²) in [6, 6.07) is 7.42. The third-order valence-electron chi connectivity index (χ3n) is 3.17. The Balaban J connectivity index is 2.28. The third kappa shape index (κ3) is 4.43. The van der Waals surface area contributed by atoms with Crippen LogP contribution in [0.5, 0.6) is 0 Å². The first kappa shape index (κ1) is 18.6. The molecule has 0 aliphatic carbocycles. The second kappa shape index (κ2) is 7.45. The molecule has 0 bridgehead atoms. The number of imide groups is 1. The summed E-state index contributed by atoms with van der Waals surface area (Å²) in [6.45, 7) is 5.40. The Kier molecular flexibility index (Phi) is 5.79. The molecule has 0 spiro atoms. The molecule has 2 rings (SSSR count). The van der Waals surface area contributed by atoms with Crippen LogP contribution in [-0.2, 0) is 9.53 Å². The van der Waals surface area contributed by atoms with E-state index in [4.69, 9.17) is 4.74 Å². The van der Waals surface area contributed by atoms with Crippen molar-refractivity contribution < 1.29 is 19.1 Å². The number of hydrogen-bond donors (Lipinski definition) is 1. The average Bonchev–Trinajstić information content (AvgIpc) is 2.88. The van der Waals surface area contributed by atoms with E-state index in [1.165, 1.54) is 4.67 Å². The van der Waals surface area contributed by atoms with Gasteiger partial charge in [-0.2, -0.15) is 0 Å². The van der Waals surface area contributed by atoms with Gasteiger partial charge in [-0.05, 0) is 41.3 Å². The standard InChI is InChI=1S/C15H21N3O4P2/c1-15(2,3)22-14(21)18(10-7-5-4-6-8-10)12(19)11-9-17(24-23)13(20)16-11/h4-8,11,24H,9,23H2,1-3H3,(H,16,20)/t11-/m0/s1. The fraction of sp³-hybridized carbons (Fsp3) is 0.400. The van der Waals surface area contributed by atoms with Gasteiger partial charge in [-0.3, -0.25) is 4.79 Å². The molecular formula is C15H21N3O4P2. The maximum atomic E-state index is 12.9. The molecule has 2 unspecified atom stereocenters. The number of anilines is 1. The molecule has 0 radical (unpaired) electrons. The summed E-state index contributed by atoms with van der Waals surface area (Å²) >= 11 is 0. The fourth-order valence-electron chi connectivity index (χ4n) is 2.15. The van der Waals surface area contributed by atoms with Crippen LogP contribution in [0.15, 0.2) is 30.3 Å². The van der Waals surface area contributed by atoms with E-state index in [0.29, 0.717) is 5.69 Å². The lowest BCUT2D eigenvalue weighted by molar-refractivity contribution is -0.119. The topological polar surface area (TPSA) is 79.0 Å². The van der Waals surface area contributed by atoms with Gasteiger partial charge in [0.2, 0.25) is 0 Å². The van der Waals surface area contributed by atoms with E-state index in [1.807, 2.05) is 0 Å². The van der Waals surface area contributed by atoms with Crippen molar-refractivity contribution in [1.82, 2.24) is 9.99 Å². The molecule has 0 saturated carbocycles. The first-order valence-electron chi connectivity index (χ1n) is 7.39. The summed E-state index contributed by atoms with van der Waals surface area (Å²) < 4.78 is 6.86. The Morgan fingerprint density at radius 2 is 1.96 bits per heavy atom. The van der Waals surface area contributed by atoms with Crippen LogP contribution in [-0.4, -0.2) is 40.9 Å². The first-order valence-corrected chi connectivity index (χ1v) is 10.1. The van der Waals surface area contributed by atoms with E-state index in [-0.39, 0.29) is 21.0 Å². The number of carbonyl (C=O) groups excluding carboxylic acids is 3. The zero-order valence-corrected chi connectivity index (χ0v) is 15.9. The number of carbonyl (C=O) groups is 3. The van der Waals surface area contributed by atoms with Gasteiger partial charge < -0.3 is 14.7 Å². The Morgan fingerprint density at radius 3 is 2.46 bits per heavy atom. The second-order valence-corrected chi connectivity index (χ2v) is 7.80. The van der Waals surface area contributed by atoms with Crippen molar-refractivity contribution in [2.24, 2.45) is 0 Å². The molecule has 1 N–H and O–H groups in total. The maximum absolute atomic E-state index is 12.9. The highest BCUT2D eigenvalue weighted by Crippen LogP contribution is 2.30. The molecule has 1 saturated heterocycles. The van der Waals surface area contributed by atoms with Gasteiger partial charge in [-0.15, -0.1) is 0 Å². The number of urea groups is 1. The molecule has 1 aromatic rings. The number of benzene rings is 1. The van der Waals surface area contributed by atoms with Crippen LogP contribution in [0.1, 0.15) is 20.8 Å². The molecule has 1 aliphatic rings. The van der Waals surface area contributed by atoms with Crippen molar-refractivity contribution >= 4 is 41.1 Å². The number of para-hydroxylation sites is 1. The van der Waals surface area contributed by atoms with Gasteiger partial charge in [0.05, 0.1) is 12.2 Å². The molecular weight excluding hydrogens is 348 g/mol. The zero-order valence-electron chi connectivity index (χ0n) is 13.8. The molecule has 3 atom stereocenters. The second-order valence-electron chi connectivity index (χ2n) is 6.23. The van der Waals surface area contributed by atoms with E-state index in [9.17, 15) is 14.4 Å². The Hall–Kier alpha value is -1.71. The van der Waals surface area contributed by atoms with Gasteiger partial charge in [0.25, 0.3) is 5.91 Å². The van der Waals surface area contributed by atoms with Gasteiger partial charge in [-0.25, -0.2) is 14.5 Å². The van der Waals surface area contributed by atoms with Crippen LogP contribution in [0.4, 0.5) is 15.3 Å². The number of nitrogens with one attached hydrogen (secondary N) is 1. The molecule has 7 nitrogen and oxygen atoms in total. The normalized spacial score (nSPS) is 17.9. The summed E-state index contributed by atoms with van der Waals surface area (Å²) in [5.41, 5.74) is -0.339. The van der Waals surface area contributed by atoms with E-state index in [0.717, 1.165) is 4.90 Å². The third-order valence-corrected chi connectivity index (χ3v) is 4.81. The smallest absolute Gasteiger partial charge is 0.421 e. The minimum Gasteiger partial charge on any atom is -0.443 e. The van der Waals surface area contributed by atoms with Crippen molar-refractivity contribution in [1.29, 1.82) is 0 Å². The quantitative estimate of drug-likeness (QED) is 0.831. The minimum atomic E-state index is -0.793. The SMILES string of the molecule is CC(C)(C)OC(=O)N(C(=O)[C@@H]1CN(PP)C(=O)N1)c1ccccc1. The Morgan fingerprint density at radius 1 is 1.33 bits per heavy atom. The molecule has 130 valence electrons. The van der Waals surface area contributed by atoms with Crippen LogP contribution < -0.4 is 10.2 Å². The fourth-order valence-corrected chi connectivity index (χ4v) is 3.29. The summed E-state index contributed by atoms with van der Waals surface area (Å²) in [5.74, 6) is -0.519. The van der Waals surface area contributed by atoms with Crippen molar-refractivity contribution in [3.8, 4) is 0 Å². The van der Waals surface area contributed by atoms with Crippen LogP contribution in [0.3, 0.4) is 0 Å². The monoisotopic (exact) mass is 369 g/mol. The number of ether oxygens (including phenoxy) is 1. The average molecular weight is 369 g/mol. The molecule has 1 heterocycles. The molecule has 9 heteroatoms. The van der Waals surface area contributed by atoms with Crippen molar-refractivity contribution in [3.05, 3.63) is 30.3 Å². The highest BCUT2D eigenvalue weighted by Gasteiger charge is 2.39. The van der Waals surface area contributed by atoms with Crippen molar-refractivity contribution in [2.45, 2.75) is 32.4 Å². The molecule has 1 fully saturated rings. The van der Waals surface area contributed by atoms with Crippen molar-refractivity contribution in [3.63, 3.8) is 0 Å². The minimum absolute atomic E-state index is 0.167. The Bertz CT molecular complexity index is 633. The van der Waals surface area contributed by atoms with Gasteiger partial charge in [0, 0.05) is 0 Å². The summed E-state index contributed by atoms with van der Waals surface area (Å²) in [5, 5.41) is 2.60. The first-order chi connectivity index (χ1) is 11.2. The zero-order chi connectivity index (χ0) is 17.9. The summed E-state index contributed by atoms with van der Waals surface area (Å²) in [6.07, 6.45) is -0.764. The van der Waals surface area contributed by atoms with Crippen molar-refractivity contribution in [2.75, 3.05) is 11.4 Å². The summed E-state index contributed by atoms with van der Waals surface area (Å²) in [7, 11) is 2.63. The van der Waals surface area contributed by atoms with E-state index in [1.54, 1.807) is 51.1 Å². The predicted octanol–water partition coefficient (Wildman–Crippen LogP) is 2.73.